The Hall–Kier alpha value is -2.05. The average Bonchev–Trinajstić information content (AvgIpc) is 3.20. The lowest BCUT2D eigenvalue weighted by atomic mass is 9.94. The van der Waals surface area contributed by atoms with Crippen LogP contribution >= 0.6 is 0 Å². The monoisotopic (exact) mass is 564 g/mol. The molecule has 0 saturated carbocycles. The summed E-state index contributed by atoms with van der Waals surface area (Å²) in [5.41, 5.74) is 1.23. The van der Waals surface area contributed by atoms with Gasteiger partial charge in [-0.2, -0.15) is 0 Å². The van der Waals surface area contributed by atoms with Gasteiger partial charge in [-0.3, -0.25) is 0 Å². The van der Waals surface area contributed by atoms with Crippen LogP contribution in [0, 0.1) is 11.8 Å². The SMILES string of the molecule is C/C(=C\CC[C@H](C)CCO[Si](c1ccccc1)(c1ccccc1)C(C)(C)C)[C@@H]1OC(C)(C)O[C@H]1C[C@@H](C)CC=O. The molecule has 4 atom stereocenters. The van der Waals surface area contributed by atoms with Crippen molar-refractivity contribution in [1.29, 1.82) is 0 Å². The second kappa shape index (κ2) is 14.2. The van der Waals surface area contributed by atoms with Crippen molar-refractivity contribution in [3.63, 3.8) is 0 Å². The third-order valence-corrected chi connectivity index (χ3v) is 13.3. The number of carbonyl (C=O) groups is 1. The second-order valence-electron chi connectivity index (χ2n) is 13.3. The van der Waals surface area contributed by atoms with Gasteiger partial charge in [0, 0.05) is 13.0 Å². The number of benzene rings is 2. The van der Waals surface area contributed by atoms with Crippen molar-refractivity contribution in [2.24, 2.45) is 11.8 Å². The maximum absolute atomic E-state index is 11.0. The van der Waals surface area contributed by atoms with Gasteiger partial charge in [-0.25, -0.2) is 0 Å². The fourth-order valence-corrected chi connectivity index (χ4v) is 10.7. The van der Waals surface area contributed by atoms with Crippen LogP contribution in [-0.2, 0) is 18.7 Å². The summed E-state index contributed by atoms with van der Waals surface area (Å²) >= 11 is 0. The summed E-state index contributed by atoms with van der Waals surface area (Å²) in [6.45, 7) is 18.3. The minimum Gasteiger partial charge on any atom is -0.407 e. The summed E-state index contributed by atoms with van der Waals surface area (Å²) in [5.74, 6) is 0.227. The quantitative estimate of drug-likeness (QED) is 0.136. The molecule has 40 heavy (non-hydrogen) atoms. The zero-order chi connectivity index (χ0) is 29.4. The highest BCUT2D eigenvalue weighted by molar-refractivity contribution is 6.99. The fraction of sp³-hybridized carbons (Fsp3) is 0.571. The highest BCUT2D eigenvalue weighted by Crippen LogP contribution is 2.38. The first-order chi connectivity index (χ1) is 18.9. The van der Waals surface area contributed by atoms with E-state index in [1.807, 2.05) is 13.8 Å². The molecule has 1 fully saturated rings. The maximum Gasteiger partial charge on any atom is 0.261 e. The van der Waals surface area contributed by atoms with Gasteiger partial charge in [0.05, 0.1) is 6.10 Å². The zero-order valence-electron chi connectivity index (χ0n) is 26.1. The number of allylic oxidation sites excluding steroid dienone is 1. The summed E-state index contributed by atoms with van der Waals surface area (Å²) in [4.78, 5) is 11.0. The van der Waals surface area contributed by atoms with Gasteiger partial charge in [0.2, 0.25) is 0 Å². The van der Waals surface area contributed by atoms with Crippen LogP contribution in [0.1, 0.15) is 87.5 Å². The van der Waals surface area contributed by atoms with Crippen molar-refractivity contribution in [3.8, 4) is 0 Å². The van der Waals surface area contributed by atoms with Gasteiger partial charge in [0.25, 0.3) is 8.32 Å². The summed E-state index contributed by atoms with van der Waals surface area (Å²) in [7, 11) is -2.49. The molecular formula is C35H52O4Si. The normalized spacial score (nSPS) is 21.2. The first-order valence-electron chi connectivity index (χ1n) is 15.1. The Bertz CT molecular complexity index is 1030. The highest BCUT2D eigenvalue weighted by atomic mass is 28.4. The summed E-state index contributed by atoms with van der Waals surface area (Å²) in [6.07, 6.45) is 7.77. The number of hydrogen-bond donors (Lipinski definition) is 0. The van der Waals surface area contributed by atoms with Crippen molar-refractivity contribution < 1.29 is 18.7 Å². The molecule has 0 unspecified atom stereocenters. The van der Waals surface area contributed by atoms with E-state index in [4.69, 9.17) is 13.9 Å². The van der Waals surface area contributed by atoms with Crippen molar-refractivity contribution >= 4 is 25.0 Å². The van der Waals surface area contributed by atoms with Crippen LogP contribution in [0.4, 0.5) is 0 Å². The second-order valence-corrected chi connectivity index (χ2v) is 17.6. The molecule has 0 aromatic heterocycles. The molecule has 1 heterocycles. The van der Waals surface area contributed by atoms with E-state index >= 15 is 0 Å². The number of carbonyl (C=O) groups excluding carboxylic acids is 1. The Morgan fingerprint density at radius 2 is 1.52 bits per heavy atom. The number of hydrogen-bond acceptors (Lipinski definition) is 4. The third kappa shape index (κ3) is 8.25. The Morgan fingerprint density at radius 3 is 2.05 bits per heavy atom. The summed E-state index contributed by atoms with van der Waals surface area (Å²) in [5, 5.41) is 2.66. The summed E-state index contributed by atoms with van der Waals surface area (Å²) < 4.78 is 19.6. The largest absolute Gasteiger partial charge is 0.407 e. The Labute approximate surface area is 244 Å². The van der Waals surface area contributed by atoms with Gasteiger partial charge in [-0.05, 0) is 79.3 Å². The Balaban J connectivity index is 1.63. The molecule has 0 amide bonds. The molecule has 0 radical (unpaired) electrons. The van der Waals surface area contributed by atoms with Gasteiger partial charge in [-0.1, -0.05) is 101 Å². The predicted octanol–water partition coefficient (Wildman–Crippen LogP) is 7.45. The molecule has 1 aliphatic heterocycles. The molecule has 0 aliphatic carbocycles. The van der Waals surface area contributed by atoms with E-state index in [-0.39, 0.29) is 23.2 Å². The first-order valence-corrected chi connectivity index (χ1v) is 17.0. The summed E-state index contributed by atoms with van der Waals surface area (Å²) in [6, 6.07) is 21.8. The first kappa shape index (κ1) is 32.5. The molecule has 0 N–H and O–H groups in total. The molecule has 3 rings (SSSR count). The third-order valence-electron chi connectivity index (χ3n) is 8.24. The van der Waals surface area contributed by atoms with Crippen LogP contribution in [0.15, 0.2) is 72.3 Å². The van der Waals surface area contributed by atoms with E-state index in [9.17, 15) is 4.79 Å². The lowest BCUT2D eigenvalue weighted by molar-refractivity contribution is -0.145. The van der Waals surface area contributed by atoms with Crippen LogP contribution in [0.3, 0.4) is 0 Å². The Morgan fingerprint density at radius 1 is 0.950 bits per heavy atom. The molecule has 1 saturated heterocycles. The molecule has 0 spiro atoms. The zero-order valence-corrected chi connectivity index (χ0v) is 27.1. The van der Waals surface area contributed by atoms with Gasteiger partial charge in [0.1, 0.15) is 12.4 Å². The maximum atomic E-state index is 11.0. The molecule has 220 valence electrons. The van der Waals surface area contributed by atoms with E-state index < -0.39 is 14.1 Å². The van der Waals surface area contributed by atoms with E-state index in [0.29, 0.717) is 12.3 Å². The highest BCUT2D eigenvalue weighted by Gasteiger charge is 2.50. The molecule has 2 aromatic rings. The minimum atomic E-state index is -2.49. The number of aldehydes is 1. The van der Waals surface area contributed by atoms with E-state index in [0.717, 1.165) is 38.6 Å². The number of ether oxygens (including phenoxy) is 2. The van der Waals surface area contributed by atoms with E-state index in [2.05, 4.69) is 108 Å². The van der Waals surface area contributed by atoms with Crippen molar-refractivity contribution in [3.05, 3.63) is 72.3 Å². The Kier molecular flexibility index (Phi) is 11.5. The minimum absolute atomic E-state index is 0.00428. The van der Waals surface area contributed by atoms with Crippen molar-refractivity contribution in [2.75, 3.05) is 6.61 Å². The van der Waals surface area contributed by atoms with Gasteiger partial charge in [0.15, 0.2) is 5.79 Å². The predicted molar refractivity (Wildman–Crippen MR) is 169 cm³/mol. The molecule has 5 heteroatoms. The molecule has 2 aromatic carbocycles. The van der Waals surface area contributed by atoms with Crippen LogP contribution < -0.4 is 10.4 Å². The number of rotatable bonds is 14. The van der Waals surface area contributed by atoms with Crippen LogP contribution in [0.25, 0.3) is 0 Å². The van der Waals surface area contributed by atoms with Gasteiger partial charge >= 0.3 is 0 Å². The van der Waals surface area contributed by atoms with E-state index in [1.165, 1.54) is 15.9 Å². The van der Waals surface area contributed by atoms with Crippen molar-refractivity contribution in [1.82, 2.24) is 0 Å². The molecule has 0 bridgehead atoms. The molecular weight excluding hydrogens is 512 g/mol. The smallest absolute Gasteiger partial charge is 0.261 e. The topological polar surface area (TPSA) is 44.8 Å². The van der Waals surface area contributed by atoms with Gasteiger partial charge < -0.3 is 18.7 Å². The molecule has 1 aliphatic rings. The van der Waals surface area contributed by atoms with Gasteiger partial charge in [-0.15, -0.1) is 0 Å². The average molecular weight is 565 g/mol. The van der Waals surface area contributed by atoms with Crippen molar-refractivity contribution in [2.45, 2.75) is 111 Å². The van der Waals surface area contributed by atoms with E-state index in [1.54, 1.807) is 0 Å². The van der Waals surface area contributed by atoms with Crippen LogP contribution in [0.2, 0.25) is 5.04 Å². The van der Waals surface area contributed by atoms with Crippen LogP contribution in [0.5, 0.6) is 0 Å². The van der Waals surface area contributed by atoms with Crippen LogP contribution in [-0.4, -0.2) is 39.2 Å². The standard InChI is InChI=1S/C35H52O4Si/c1-27(16-15-17-29(3)33-32(26-28(2)22-24-36)38-35(7,8)39-33)23-25-37-40(34(4,5)6,30-18-11-9-12-19-30)31-20-13-10-14-21-31/h9-14,17-21,24,27-28,32-33H,15-16,22-23,25-26H2,1-8H3/b29-17+/t27-,28-,32-,33-/m0/s1. The lowest BCUT2D eigenvalue weighted by Crippen LogP contribution is -2.66. The molecule has 4 nitrogen and oxygen atoms in total. The fourth-order valence-electron chi connectivity index (χ4n) is 6.08. The lowest BCUT2D eigenvalue weighted by Gasteiger charge is -2.43.